The molecule has 3 heteroatoms. The third-order valence-electron chi connectivity index (χ3n) is 1.54. The molecule has 0 bridgehead atoms. The number of aliphatic hydroxyl groups excluding tert-OH is 1. The Labute approximate surface area is 60.0 Å². The molecule has 0 spiro atoms. The Morgan fingerprint density at radius 1 is 1.40 bits per heavy atom. The summed E-state index contributed by atoms with van der Waals surface area (Å²) in [5.74, 6) is -0.974. The van der Waals surface area contributed by atoms with E-state index in [0.717, 1.165) is 0 Å². The van der Waals surface area contributed by atoms with Crippen LogP contribution in [-0.4, -0.2) is 22.3 Å². The summed E-state index contributed by atoms with van der Waals surface area (Å²) < 4.78 is 0. The van der Waals surface area contributed by atoms with Gasteiger partial charge in [-0.15, -0.1) is 0 Å². The van der Waals surface area contributed by atoms with Crippen molar-refractivity contribution in [2.24, 2.45) is 0 Å². The molecule has 0 rings (SSSR count). The molecule has 0 aromatic heterocycles. The van der Waals surface area contributed by atoms with Gasteiger partial charge in [0.25, 0.3) is 0 Å². The predicted octanol–water partition coefficient (Wildman–Crippen LogP) is 0.788. The van der Waals surface area contributed by atoms with E-state index >= 15 is 0 Å². The lowest BCUT2D eigenvalue weighted by Gasteiger charge is -2.05. The van der Waals surface area contributed by atoms with Crippen LogP contribution in [0.3, 0.4) is 0 Å². The molecule has 58 valence electrons. The van der Waals surface area contributed by atoms with Crippen molar-refractivity contribution in [3.05, 3.63) is 11.1 Å². The van der Waals surface area contributed by atoms with E-state index in [1.807, 2.05) is 0 Å². The van der Waals surface area contributed by atoms with E-state index in [1.165, 1.54) is 6.92 Å². The molecule has 10 heavy (non-hydrogen) atoms. The van der Waals surface area contributed by atoms with E-state index in [-0.39, 0.29) is 5.57 Å². The van der Waals surface area contributed by atoms with E-state index in [0.29, 0.717) is 5.57 Å². The maximum Gasteiger partial charge on any atom is 0.331 e. The highest BCUT2D eigenvalue weighted by Crippen LogP contribution is 2.07. The zero-order chi connectivity index (χ0) is 8.31. The number of hydrogen-bond acceptors (Lipinski definition) is 2. The molecular weight excluding hydrogens is 132 g/mol. The Hall–Kier alpha value is -0.830. The second-order valence-electron chi connectivity index (χ2n) is 2.29. The highest BCUT2D eigenvalue weighted by Gasteiger charge is 2.08. The van der Waals surface area contributed by atoms with Gasteiger partial charge >= 0.3 is 5.97 Å². The van der Waals surface area contributed by atoms with Crippen LogP contribution in [0.5, 0.6) is 0 Å². The van der Waals surface area contributed by atoms with Gasteiger partial charge in [0.1, 0.15) is 0 Å². The average molecular weight is 144 g/mol. The van der Waals surface area contributed by atoms with Gasteiger partial charge in [0.15, 0.2) is 0 Å². The van der Waals surface area contributed by atoms with E-state index in [9.17, 15) is 4.79 Å². The maximum atomic E-state index is 10.3. The molecule has 0 heterocycles. The normalized spacial score (nSPS) is 16.0. The van der Waals surface area contributed by atoms with Crippen LogP contribution >= 0.6 is 0 Å². The van der Waals surface area contributed by atoms with Gasteiger partial charge in [0.2, 0.25) is 0 Å². The molecule has 0 radical (unpaired) electrons. The number of aliphatic carboxylic acids is 1. The van der Waals surface area contributed by atoms with Crippen molar-refractivity contribution in [1.82, 2.24) is 0 Å². The van der Waals surface area contributed by atoms with Gasteiger partial charge in [0.05, 0.1) is 6.10 Å². The van der Waals surface area contributed by atoms with Crippen molar-refractivity contribution in [2.45, 2.75) is 26.9 Å². The van der Waals surface area contributed by atoms with Crippen LogP contribution in [0.1, 0.15) is 20.8 Å². The zero-order valence-corrected chi connectivity index (χ0v) is 6.38. The molecule has 0 aromatic rings. The van der Waals surface area contributed by atoms with Crippen LogP contribution in [0.15, 0.2) is 11.1 Å². The largest absolute Gasteiger partial charge is 0.478 e. The van der Waals surface area contributed by atoms with Gasteiger partial charge in [-0.25, -0.2) is 4.79 Å². The monoisotopic (exact) mass is 144 g/mol. The number of aliphatic hydroxyl groups is 1. The number of rotatable bonds is 2. The van der Waals surface area contributed by atoms with Crippen molar-refractivity contribution in [3.63, 3.8) is 0 Å². The van der Waals surface area contributed by atoms with Crippen molar-refractivity contribution in [1.29, 1.82) is 0 Å². The van der Waals surface area contributed by atoms with Crippen molar-refractivity contribution in [2.75, 3.05) is 0 Å². The molecule has 1 unspecified atom stereocenters. The fourth-order valence-electron chi connectivity index (χ4n) is 0.482. The summed E-state index contributed by atoms with van der Waals surface area (Å²) in [5.41, 5.74) is 0.725. The van der Waals surface area contributed by atoms with Crippen molar-refractivity contribution < 1.29 is 15.0 Å². The van der Waals surface area contributed by atoms with E-state index in [4.69, 9.17) is 10.2 Å². The van der Waals surface area contributed by atoms with Crippen LogP contribution in [0.4, 0.5) is 0 Å². The lowest BCUT2D eigenvalue weighted by molar-refractivity contribution is -0.132. The molecule has 0 saturated heterocycles. The van der Waals surface area contributed by atoms with E-state index in [2.05, 4.69) is 0 Å². The van der Waals surface area contributed by atoms with Crippen LogP contribution in [-0.2, 0) is 4.79 Å². The van der Waals surface area contributed by atoms with Gasteiger partial charge < -0.3 is 10.2 Å². The quantitative estimate of drug-likeness (QED) is 0.563. The van der Waals surface area contributed by atoms with Gasteiger partial charge in [-0.2, -0.15) is 0 Å². The molecule has 0 saturated carbocycles. The van der Waals surface area contributed by atoms with Crippen LogP contribution in [0.25, 0.3) is 0 Å². The molecule has 0 aliphatic heterocycles. The molecular formula is C7H12O3. The first-order chi connectivity index (χ1) is 4.46. The summed E-state index contributed by atoms with van der Waals surface area (Å²) in [7, 11) is 0. The lowest BCUT2D eigenvalue weighted by Crippen LogP contribution is -2.08. The van der Waals surface area contributed by atoms with Crippen molar-refractivity contribution in [3.8, 4) is 0 Å². The Morgan fingerprint density at radius 2 is 1.80 bits per heavy atom. The molecule has 0 aliphatic rings. The number of hydrogen-bond donors (Lipinski definition) is 2. The minimum atomic E-state index is -0.974. The lowest BCUT2D eigenvalue weighted by atomic mass is 10.1. The minimum Gasteiger partial charge on any atom is -0.478 e. The highest BCUT2D eigenvalue weighted by atomic mass is 16.4. The second-order valence-corrected chi connectivity index (χ2v) is 2.29. The zero-order valence-electron chi connectivity index (χ0n) is 6.38. The molecule has 0 fully saturated rings. The summed E-state index contributed by atoms with van der Waals surface area (Å²) >= 11 is 0. The van der Waals surface area contributed by atoms with Gasteiger partial charge in [-0.3, -0.25) is 0 Å². The molecule has 0 aromatic carbocycles. The van der Waals surface area contributed by atoms with Crippen LogP contribution in [0.2, 0.25) is 0 Å². The number of carbonyl (C=O) groups is 1. The second kappa shape index (κ2) is 3.37. The van der Waals surface area contributed by atoms with Crippen LogP contribution in [0, 0.1) is 0 Å². The summed E-state index contributed by atoms with van der Waals surface area (Å²) in [6, 6.07) is 0. The molecule has 2 N–H and O–H groups in total. The Bertz CT molecular complexity index is 168. The van der Waals surface area contributed by atoms with Gasteiger partial charge in [0, 0.05) is 5.57 Å². The summed E-state index contributed by atoms with van der Waals surface area (Å²) in [6.07, 6.45) is -0.670. The topological polar surface area (TPSA) is 57.5 Å². The van der Waals surface area contributed by atoms with Crippen LogP contribution < -0.4 is 0 Å². The van der Waals surface area contributed by atoms with Gasteiger partial charge in [-0.05, 0) is 26.3 Å². The third-order valence-corrected chi connectivity index (χ3v) is 1.54. The van der Waals surface area contributed by atoms with E-state index in [1.54, 1.807) is 13.8 Å². The highest BCUT2D eigenvalue weighted by molar-refractivity contribution is 5.86. The Kier molecular flexibility index (Phi) is 3.09. The van der Waals surface area contributed by atoms with Crippen molar-refractivity contribution >= 4 is 5.97 Å². The molecule has 0 amide bonds. The molecule has 0 aliphatic carbocycles. The first-order valence-electron chi connectivity index (χ1n) is 3.05. The Balaban J connectivity index is 4.50. The first kappa shape index (κ1) is 9.17. The van der Waals surface area contributed by atoms with E-state index < -0.39 is 12.1 Å². The number of carboxylic acids is 1. The Morgan fingerprint density at radius 3 is 1.90 bits per heavy atom. The fraction of sp³-hybridized carbons (Fsp3) is 0.571. The smallest absolute Gasteiger partial charge is 0.331 e. The third kappa shape index (κ3) is 2.19. The summed E-state index contributed by atoms with van der Waals surface area (Å²) in [5, 5.41) is 17.4. The number of carboxylic acid groups (broad SMARTS) is 1. The minimum absolute atomic E-state index is 0.218. The fourth-order valence-corrected chi connectivity index (χ4v) is 0.482. The molecule has 3 nitrogen and oxygen atoms in total. The summed E-state index contributed by atoms with van der Waals surface area (Å²) in [4.78, 5) is 10.3. The maximum absolute atomic E-state index is 10.3. The predicted molar refractivity (Wildman–Crippen MR) is 37.7 cm³/mol. The average Bonchev–Trinajstić information content (AvgIpc) is 1.84. The SMILES string of the molecule is C/C(C(=O)O)=C(/C)C(C)O. The molecule has 1 atom stereocenters. The standard InChI is InChI=1S/C7H12O3/c1-4(6(3)8)5(2)7(9)10/h6,8H,1-3H3,(H,9,10)/b5-4+. The summed E-state index contributed by atoms with van der Waals surface area (Å²) in [6.45, 7) is 4.63. The van der Waals surface area contributed by atoms with Gasteiger partial charge in [-0.1, -0.05) is 0 Å². The first-order valence-corrected chi connectivity index (χ1v) is 3.05.